The predicted molar refractivity (Wildman–Crippen MR) is 57.8 cm³/mol. The second-order valence-corrected chi connectivity index (χ2v) is 4.49. The van der Waals surface area contributed by atoms with Crippen molar-refractivity contribution in [2.75, 3.05) is 6.54 Å². The Morgan fingerprint density at radius 3 is 2.87 bits per heavy atom. The first kappa shape index (κ1) is 12.0. The van der Waals surface area contributed by atoms with Crippen molar-refractivity contribution >= 4 is 5.91 Å². The van der Waals surface area contributed by atoms with Gasteiger partial charge in [-0.1, -0.05) is 13.8 Å². The lowest BCUT2D eigenvalue weighted by molar-refractivity contribution is -0.131. The molecule has 4 nitrogen and oxygen atoms in total. The molecule has 0 aromatic heterocycles. The van der Waals surface area contributed by atoms with Gasteiger partial charge in [0.25, 0.3) is 0 Å². The molecule has 2 N–H and O–H groups in total. The number of nitriles is 1. The summed E-state index contributed by atoms with van der Waals surface area (Å²) in [6.07, 6.45) is 2.09. The van der Waals surface area contributed by atoms with E-state index in [9.17, 15) is 4.79 Å². The Morgan fingerprint density at radius 1 is 1.67 bits per heavy atom. The van der Waals surface area contributed by atoms with Crippen LogP contribution in [-0.2, 0) is 4.79 Å². The van der Waals surface area contributed by atoms with Gasteiger partial charge in [-0.25, -0.2) is 0 Å². The third kappa shape index (κ3) is 2.93. The molecule has 84 valence electrons. The molecule has 0 bridgehead atoms. The normalized spacial score (nSPS) is 22.9. The van der Waals surface area contributed by atoms with Gasteiger partial charge < -0.3 is 10.6 Å². The molecule has 0 spiro atoms. The van der Waals surface area contributed by atoms with Gasteiger partial charge in [-0.3, -0.25) is 4.79 Å². The van der Waals surface area contributed by atoms with Crippen LogP contribution in [0.5, 0.6) is 0 Å². The smallest absolute Gasteiger partial charge is 0.225 e. The number of rotatable bonds is 3. The molecule has 0 aromatic carbocycles. The van der Waals surface area contributed by atoms with E-state index in [1.165, 1.54) is 0 Å². The zero-order valence-corrected chi connectivity index (χ0v) is 9.44. The number of likely N-dealkylation sites (tertiary alicyclic amines) is 1. The molecule has 0 aromatic rings. The second-order valence-electron chi connectivity index (χ2n) is 4.49. The average Bonchev–Trinajstić information content (AvgIpc) is 2.64. The average molecular weight is 209 g/mol. The molecule has 1 aliphatic heterocycles. The summed E-state index contributed by atoms with van der Waals surface area (Å²) < 4.78 is 0. The maximum atomic E-state index is 11.8. The number of hydrogen-bond acceptors (Lipinski definition) is 3. The summed E-state index contributed by atoms with van der Waals surface area (Å²) in [5, 5.41) is 8.85. The first-order chi connectivity index (χ1) is 7.06. The van der Waals surface area contributed by atoms with Crippen molar-refractivity contribution in [2.24, 2.45) is 11.7 Å². The van der Waals surface area contributed by atoms with Crippen LogP contribution < -0.4 is 5.73 Å². The number of nitrogens with zero attached hydrogens (tertiary/aromatic N) is 2. The van der Waals surface area contributed by atoms with Crippen LogP contribution in [0, 0.1) is 17.2 Å². The maximum Gasteiger partial charge on any atom is 0.225 e. The monoisotopic (exact) mass is 209 g/mol. The van der Waals surface area contributed by atoms with Gasteiger partial charge in [0.05, 0.1) is 6.07 Å². The minimum Gasteiger partial charge on any atom is -0.327 e. The third-order valence-corrected chi connectivity index (χ3v) is 2.99. The molecule has 1 unspecified atom stereocenters. The minimum absolute atomic E-state index is 0.0280. The number of carbonyl (C=O) groups excluding carboxylic acids is 1. The van der Waals surface area contributed by atoms with Crippen molar-refractivity contribution in [1.82, 2.24) is 4.90 Å². The lowest BCUT2D eigenvalue weighted by atomic mass is 10.0. The van der Waals surface area contributed by atoms with E-state index < -0.39 is 0 Å². The van der Waals surface area contributed by atoms with E-state index in [4.69, 9.17) is 11.0 Å². The van der Waals surface area contributed by atoms with E-state index >= 15 is 0 Å². The van der Waals surface area contributed by atoms with Crippen LogP contribution in [0.15, 0.2) is 0 Å². The highest BCUT2D eigenvalue weighted by Crippen LogP contribution is 2.18. The van der Waals surface area contributed by atoms with Gasteiger partial charge in [0.15, 0.2) is 0 Å². The first-order valence-corrected chi connectivity index (χ1v) is 5.51. The SMILES string of the molecule is CC(C)C(N)CC(=O)N1CCC[C@H]1C#N. The van der Waals surface area contributed by atoms with E-state index in [-0.39, 0.29) is 18.0 Å². The fourth-order valence-electron chi connectivity index (χ4n) is 1.75. The highest BCUT2D eigenvalue weighted by atomic mass is 16.2. The lowest BCUT2D eigenvalue weighted by Gasteiger charge is -2.22. The molecule has 1 amide bonds. The Kier molecular flexibility index (Phi) is 4.10. The van der Waals surface area contributed by atoms with E-state index in [0.717, 1.165) is 12.8 Å². The molecule has 1 fully saturated rings. The molecule has 0 saturated carbocycles. The lowest BCUT2D eigenvalue weighted by Crippen LogP contribution is -2.39. The Morgan fingerprint density at radius 2 is 2.33 bits per heavy atom. The van der Waals surface area contributed by atoms with Crippen LogP contribution in [-0.4, -0.2) is 29.4 Å². The van der Waals surface area contributed by atoms with Crippen LogP contribution in [0.4, 0.5) is 0 Å². The van der Waals surface area contributed by atoms with Crippen LogP contribution >= 0.6 is 0 Å². The zero-order chi connectivity index (χ0) is 11.4. The summed E-state index contributed by atoms with van der Waals surface area (Å²) in [5.41, 5.74) is 5.84. The minimum atomic E-state index is -0.225. The van der Waals surface area contributed by atoms with Crippen molar-refractivity contribution in [3.05, 3.63) is 0 Å². The van der Waals surface area contributed by atoms with Gasteiger partial charge in [0.2, 0.25) is 5.91 Å². The van der Waals surface area contributed by atoms with Gasteiger partial charge >= 0.3 is 0 Å². The molecule has 1 aliphatic rings. The summed E-state index contributed by atoms with van der Waals surface area (Å²) in [6.45, 7) is 4.72. The molecule has 1 rings (SSSR count). The van der Waals surface area contributed by atoms with Crippen LogP contribution in [0.3, 0.4) is 0 Å². The van der Waals surface area contributed by atoms with Crippen molar-refractivity contribution in [3.63, 3.8) is 0 Å². The second kappa shape index (κ2) is 5.13. The van der Waals surface area contributed by atoms with Crippen molar-refractivity contribution in [3.8, 4) is 6.07 Å². The molecule has 1 heterocycles. The summed E-state index contributed by atoms with van der Waals surface area (Å²) in [6, 6.07) is 1.84. The van der Waals surface area contributed by atoms with E-state index in [1.54, 1.807) is 4.90 Å². The summed E-state index contributed by atoms with van der Waals surface area (Å²) in [4.78, 5) is 13.5. The van der Waals surface area contributed by atoms with Gasteiger partial charge in [-0.05, 0) is 18.8 Å². The molecular weight excluding hydrogens is 190 g/mol. The Balaban J connectivity index is 2.50. The standard InChI is InChI=1S/C11H19N3O/c1-8(2)10(13)6-11(15)14-5-3-4-9(14)7-12/h8-10H,3-6,13H2,1-2H3/t9-,10?/m0/s1. The molecule has 0 radical (unpaired) electrons. The van der Waals surface area contributed by atoms with Gasteiger partial charge in [-0.15, -0.1) is 0 Å². The molecular formula is C11H19N3O. The largest absolute Gasteiger partial charge is 0.327 e. The molecule has 2 atom stereocenters. The van der Waals surface area contributed by atoms with Crippen molar-refractivity contribution in [1.29, 1.82) is 5.26 Å². The summed E-state index contributed by atoms with van der Waals surface area (Å²) >= 11 is 0. The third-order valence-electron chi connectivity index (χ3n) is 2.99. The fraction of sp³-hybridized carbons (Fsp3) is 0.818. The molecule has 0 aliphatic carbocycles. The summed E-state index contributed by atoms with van der Waals surface area (Å²) in [5.74, 6) is 0.331. The van der Waals surface area contributed by atoms with Gasteiger partial charge in [0.1, 0.15) is 6.04 Å². The van der Waals surface area contributed by atoms with Crippen molar-refractivity contribution < 1.29 is 4.79 Å². The van der Waals surface area contributed by atoms with Crippen LogP contribution in [0.1, 0.15) is 33.1 Å². The van der Waals surface area contributed by atoms with Crippen LogP contribution in [0.25, 0.3) is 0 Å². The number of nitrogens with two attached hydrogens (primary N) is 1. The topological polar surface area (TPSA) is 70.1 Å². The Labute approximate surface area is 91.0 Å². The maximum absolute atomic E-state index is 11.8. The van der Waals surface area contributed by atoms with E-state index in [2.05, 4.69) is 6.07 Å². The van der Waals surface area contributed by atoms with Crippen molar-refractivity contribution in [2.45, 2.75) is 45.2 Å². The van der Waals surface area contributed by atoms with Crippen LogP contribution in [0.2, 0.25) is 0 Å². The highest BCUT2D eigenvalue weighted by molar-refractivity contribution is 5.77. The predicted octanol–water partition coefficient (Wildman–Crippen LogP) is 0.874. The quantitative estimate of drug-likeness (QED) is 0.750. The Bertz CT molecular complexity index is 269. The summed E-state index contributed by atoms with van der Waals surface area (Å²) in [7, 11) is 0. The fourth-order valence-corrected chi connectivity index (χ4v) is 1.75. The Hall–Kier alpha value is -1.08. The molecule has 15 heavy (non-hydrogen) atoms. The van der Waals surface area contributed by atoms with Gasteiger partial charge in [0, 0.05) is 19.0 Å². The number of hydrogen-bond donors (Lipinski definition) is 1. The first-order valence-electron chi connectivity index (χ1n) is 5.51. The van der Waals surface area contributed by atoms with Gasteiger partial charge in [-0.2, -0.15) is 5.26 Å². The number of amides is 1. The molecule has 1 saturated heterocycles. The number of carbonyl (C=O) groups is 1. The van der Waals surface area contributed by atoms with E-state index in [0.29, 0.717) is 18.9 Å². The highest BCUT2D eigenvalue weighted by Gasteiger charge is 2.29. The molecule has 4 heteroatoms. The van der Waals surface area contributed by atoms with E-state index in [1.807, 2.05) is 13.8 Å². The zero-order valence-electron chi connectivity index (χ0n) is 9.44.